The van der Waals surface area contributed by atoms with Crippen molar-refractivity contribution in [1.29, 1.82) is 0 Å². The Kier molecular flexibility index (Phi) is 3.19. The molecule has 0 fully saturated rings. The lowest BCUT2D eigenvalue weighted by Gasteiger charge is -2.19. The summed E-state index contributed by atoms with van der Waals surface area (Å²) in [6.07, 6.45) is 3.40. The molecule has 0 unspecified atom stereocenters. The third-order valence-corrected chi connectivity index (χ3v) is 2.68. The molecular weight excluding hydrogens is 233 g/mol. The van der Waals surface area contributed by atoms with Crippen molar-refractivity contribution in [3.8, 4) is 5.69 Å². The van der Waals surface area contributed by atoms with Gasteiger partial charge in [0.2, 0.25) is 0 Å². The fraction of sp³-hybridized carbons (Fsp3) is 0.308. The lowest BCUT2D eigenvalue weighted by atomic mass is 10.2. The predicted molar refractivity (Wildman–Crippen MR) is 65.9 cm³/mol. The van der Waals surface area contributed by atoms with E-state index in [0.29, 0.717) is 23.6 Å². The maximum absolute atomic E-state index is 13.6. The molecule has 2 rings (SSSR count). The molecule has 0 bridgehead atoms. The number of rotatable bonds is 3. The standard InChI is InChI=1S/C13H17FN3O/c1-10-4-5-11(8-12(10)14)16-7-6-15-13(16)9-17(2,3)18/h4-8,18H,9H2,1-3H3/q+1. The van der Waals surface area contributed by atoms with Gasteiger partial charge in [0.1, 0.15) is 5.82 Å². The van der Waals surface area contributed by atoms with Crippen LogP contribution >= 0.6 is 0 Å². The Morgan fingerprint density at radius 2 is 2.11 bits per heavy atom. The number of quaternary nitrogens is 1. The van der Waals surface area contributed by atoms with Gasteiger partial charge in [-0.05, 0) is 24.6 Å². The van der Waals surface area contributed by atoms with Crippen LogP contribution in [0.15, 0.2) is 30.6 Å². The number of hydrogen-bond donors (Lipinski definition) is 1. The summed E-state index contributed by atoms with van der Waals surface area (Å²) in [7, 11) is 3.32. The quantitative estimate of drug-likeness (QED) is 0.670. The molecule has 1 N–H and O–H groups in total. The summed E-state index contributed by atoms with van der Waals surface area (Å²) in [5.41, 5.74) is 1.32. The Hall–Kier alpha value is -1.72. The van der Waals surface area contributed by atoms with Crippen LogP contribution in [-0.4, -0.2) is 33.5 Å². The number of halogens is 1. The van der Waals surface area contributed by atoms with Crippen molar-refractivity contribution in [2.75, 3.05) is 14.1 Å². The third kappa shape index (κ3) is 2.75. The summed E-state index contributed by atoms with van der Waals surface area (Å²) in [5, 5.41) is 9.77. The van der Waals surface area contributed by atoms with Gasteiger partial charge in [0.15, 0.2) is 12.4 Å². The minimum atomic E-state index is -0.245. The monoisotopic (exact) mass is 250 g/mol. The Labute approximate surface area is 105 Å². The second-order valence-corrected chi connectivity index (χ2v) is 4.93. The van der Waals surface area contributed by atoms with Gasteiger partial charge >= 0.3 is 0 Å². The minimum Gasteiger partial charge on any atom is -0.299 e. The van der Waals surface area contributed by atoms with E-state index in [1.165, 1.54) is 6.07 Å². The minimum absolute atomic E-state index is 0.217. The largest absolute Gasteiger partial charge is 0.299 e. The highest BCUT2D eigenvalue weighted by molar-refractivity contribution is 5.36. The molecule has 1 heterocycles. The summed E-state index contributed by atoms with van der Waals surface area (Å²) in [5.74, 6) is 0.440. The first-order chi connectivity index (χ1) is 8.37. The summed E-state index contributed by atoms with van der Waals surface area (Å²) < 4.78 is 15.1. The van der Waals surface area contributed by atoms with Crippen molar-refractivity contribution in [1.82, 2.24) is 9.55 Å². The van der Waals surface area contributed by atoms with Gasteiger partial charge in [-0.3, -0.25) is 4.57 Å². The van der Waals surface area contributed by atoms with Crippen LogP contribution in [0.4, 0.5) is 4.39 Å². The lowest BCUT2D eigenvalue weighted by Crippen LogP contribution is -2.35. The smallest absolute Gasteiger partial charge is 0.172 e. The maximum Gasteiger partial charge on any atom is 0.172 e. The second kappa shape index (κ2) is 4.51. The first-order valence-electron chi connectivity index (χ1n) is 5.71. The van der Waals surface area contributed by atoms with E-state index in [9.17, 15) is 9.60 Å². The van der Waals surface area contributed by atoms with Crippen LogP contribution in [0.3, 0.4) is 0 Å². The average Bonchev–Trinajstić information content (AvgIpc) is 2.67. The molecule has 0 atom stereocenters. The maximum atomic E-state index is 13.6. The Morgan fingerprint density at radius 1 is 1.39 bits per heavy atom. The molecule has 1 aromatic carbocycles. The zero-order valence-corrected chi connectivity index (χ0v) is 10.8. The van der Waals surface area contributed by atoms with Crippen LogP contribution < -0.4 is 0 Å². The van der Waals surface area contributed by atoms with Crippen LogP contribution in [0, 0.1) is 12.7 Å². The molecule has 18 heavy (non-hydrogen) atoms. The molecule has 0 saturated carbocycles. The molecule has 5 heteroatoms. The molecule has 0 spiro atoms. The second-order valence-electron chi connectivity index (χ2n) is 4.93. The number of aryl methyl sites for hydroxylation is 1. The van der Waals surface area contributed by atoms with Crippen molar-refractivity contribution < 1.29 is 14.2 Å². The average molecular weight is 250 g/mol. The zero-order valence-electron chi connectivity index (χ0n) is 10.8. The number of hydroxylamine groups is 3. The van der Waals surface area contributed by atoms with E-state index in [1.54, 1.807) is 44.0 Å². The van der Waals surface area contributed by atoms with Gasteiger partial charge < -0.3 is 0 Å². The molecule has 0 aliphatic carbocycles. The van der Waals surface area contributed by atoms with Crippen LogP contribution in [0.25, 0.3) is 5.69 Å². The van der Waals surface area contributed by atoms with Gasteiger partial charge in [0.05, 0.1) is 14.1 Å². The van der Waals surface area contributed by atoms with E-state index in [-0.39, 0.29) is 10.5 Å². The van der Waals surface area contributed by atoms with E-state index in [2.05, 4.69) is 4.98 Å². The van der Waals surface area contributed by atoms with Gasteiger partial charge in [-0.2, -0.15) is 4.65 Å². The number of benzene rings is 1. The van der Waals surface area contributed by atoms with E-state index < -0.39 is 0 Å². The van der Waals surface area contributed by atoms with Crippen molar-refractivity contribution in [2.45, 2.75) is 13.5 Å². The van der Waals surface area contributed by atoms with E-state index >= 15 is 0 Å². The number of aromatic nitrogens is 2. The normalized spacial score (nSPS) is 11.8. The SMILES string of the molecule is Cc1ccc(-n2ccnc2C[N+](C)(C)O)cc1F. The van der Waals surface area contributed by atoms with E-state index in [4.69, 9.17) is 0 Å². The molecular formula is C13H17FN3O+. The first kappa shape index (κ1) is 12.7. The Bertz CT molecular complexity index is 558. The number of imidazole rings is 1. The molecule has 96 valence electrons. The fourth-order valence-corrected chi connectivity index (χ4v) is 1.76. The molecule has 0 saturated heterocycles. The fourth-order valence-electron chi connectivity index (χ4n) is 1.76. The summed E-state index contributed by atoms with van der Waals surface area (Å²) in [4.78, 5) is 4.19. The molecule has 2 aromatic rings. The number of hydrogen-bond acceptors (Lipinski definition) is 2. The highest BCUT2D eigenvalue weighted by Crippen LogP contribution is 2.16. The van der Waals surface area contributed by atoms with Crippen molar-refractivity contribution >= 4 is 0 Å². The summed E-state index contributed by atoms with van der Waals surface area (Å²) >= 11 is 0. The molecule has 0 radical (unpaired) electrons. The van der Waals surface area contributed by atoms with Gasteiger partial charge in [-0.1, -0.05) is 6.07 Å². The van der Waals surface area contributed by atoms with Crippen LogP contribution in [0.5, 0.6) is 0 Å². The first-order valence-corrected chi connectivity index (χ1v) is 5.71. The molecule has 4 nitrogen and oxygen atoms in total. The van der Waals surface area contributed by atoms with Gasteiger partial charge in [-0.15, -0.1) is 0 Å². The van der Waals surface area contributed by atoms with Crippen molar-refractivity contribution in [3.63, 3.8) is 0 Å². The Morgan fingerprint density at radius 3 is 2.72 bits per heavy atom. The van der Waals surface area contributed by atoms with Gasteiger partial charge in [-0.25, -0.2) is 14.6 Å². The van der Waals surface area contributed by atoms with Gasteiger partial charge in [0, 0.05) is 18.1 Å². The molecule has 1 aromatic heterocycles. The van der Waals surface area contributed by atoms with Gasteiger partial charge in [0.25, 0.3) is 0 Å². The zero-order chi connectivity index (χ0) is 13.3. The van der Waals surface area contributed by atoms with Crippen molar-refractivity contribution in [3.05, 3.63) is 47.8 Å². The molecule has 0 amide bonds. The predicted octanol–water partition coefficient (Wildman–Crippen LogP) is 2.29. The van der Waals surface area contributed by atoms with Crippen LogP contribution in [0.2, 0.25) is 0 Å². The number of nitrogens with zero attached hydrogens (tertiary/aromatic N) is 3. The molecule has 0 aliphatic rings. The van der Waals surface area contributed by atoms with Crippen molar-refractivity contribution in [2.24, 2.45) is 0 Å². The van der Waals surface area contributed by atoms with E-state index in [0.717, 1.165) is 0 Å². The lowest BCUT2D eigenvalue weighted by molar-refractivity contribution is -1.08. The summed E-state index contributed by atoms with van der Waals surface area (Å²) in [6.45, 7) is 2.07. The third-order valence-electron chi connectivity index (χ3n) is 2.68. The highest BCUT2D eigenvalue weighted by Gasteiger charge is 2.17. The van der Waals surface area contributed by atoms with Crippen LogP contribution in [-0.2, 0) is 6.54 Å². The highest BCUT2D eigenvalue weighted by atomic mass is 19.1. The Balaban J connectivity index is 2.39. The molecule has 0 aliphatic heterocycles. The van der Waals surface area contributed by atoms with Crippen LogP contribution in [0.1, 0.15) is 11.4 Å². The topological polar surface area (TPSA) is 38.0 Å². The summed E-state index contributed by atoms with van der Waals surface area (Å²) in [6, 6.07) is 5.03. The van der Waals surface area contributed by atoms with E-state index in [1.807, 2.05) is 6.07 Å².